The van der Waals surface area contributed by atoms with E-state index in [0.29, 0.717) is 5.54 Å². The van der Waals surface area contributed by atoms with Crippen LogP contribution in [0.3, 0.4) is 0 Å². The van der Waals surface area contributed by atoms with Crippen LogP contribution in [0.25, 0.3) is 0 Å². The summed E-state index contributed by atoms with van der Waals surface area (Å²) in [4.78, 5) is 2.54. The highest BCUT2D eigenvalue weighted by Gasteiger charge is 2.28. The first-order chi connectivity index (χ1) is 5.67. The van der Waals surface area contributed by atoms with Gasteiger partial charge in [0.2, 0.25) is 0 Å². The molecule has 0 aromatic rings. The van der Waals surface area contributed by atoms with Crippen molar-refractivity contribution < 1.29 is 0 Å². The van der Waals surface area contributed by atoms with Crippen molar-refractivity contribution in [3.05, 3.63) is 0 Å². The molecule has 72 valence electrons. The van der Waals surface area contributed by atoms with E-state index >= 15 is 0 Å². The van der Waals surface area contributed by atoms with Crippen molar-refractivity contribution in [1.82, 2.24) is 15.5 Å². The molecule has 1 saturated heterocycles. The van der Waals surface area contributed by atoms with E-state index < -0.39 is 0 Å². The van der Waals surface area contributed by atoms with E-state index in [1.54, 1.807) is 0 Å². The average Bonchev–Trinajstić information content (AvgIpc) is 2.02. The van der Waals surface area contributed by atoms with Gasteiger partial charge in [0.05, 0.1) is 0 Å². The lowest BCUT2D eigenvalue weighted by Crippen LogP contribution is -2.58. The maximum atomic E-state index is 3.42. The molecule has 0 aromatic carbocycles. The smallest absolute Gasteiger partial charge is 0.0278 e. The van der Waals surface area contributed by atoms with Crippen LogP contribution in [0.4, 0.5) is 0 Å². The quantitative estimate of drug-likeness (QED) is 0.620. The van der Waals surface area contributed by atoms with Gasteiger partial charge < -0.3 is 10.6 Å². The third-order valence-electron chi connectivity index (χ3n) is 2.60. The summed E-state index contributed by atoms with van der Waals surface area (Å²) in [7, 11) is 2.01. The van der Waals surface area contributed by atoms with Crippen LogP contribution in [0.1, 0.15) is 13.8 Å². The lowest BCUT2D eigenvalue weighted by Gasteiger charge is -2.42. The Kier molecular flexibility index (Phi) is 3.50. The zero-order valence-corrected chi connectivity index (χ0v) is 8.48. The molecule has 1 rings (SSSR count). The Balaban J connectivity index is 2.37. The maximum absolute atomic E-state index is 3.42. The van der Waals surface area contributed by atoms with Gasteiger partial charge in [-0.1, -0.05) is 0 Å². The van der Waals surface area contributed by atoms with Crippen LogP contribution in [0, 0.1) is 0 Å². The van der Waals surface area contributed by atoms with Gasteiger partial charge in [0.25, 0.3) is 0 Å². The predicted molar refractivity (Wildman–Crippen MR) is 52.4 cm³/mol. The molecule has 1 aliphatic heterocycles. The van der Waals surface area contributed by atoms with E-state index in [4.69, 9.17) is 0 Å². The molecule has 0 aliphatic carbocycles. The second kappa shape index (κ2) is 4.21. The van der Waals surface area contributed by atoms with Crippen molar-refractivity contribution in [3.8, 4) is 0 Å². The highest BCUT2D eigenvalue weighted by Crippen LogP contribution is 2.14. The fourth-order valence-corrected chi connectivity index (χ4v) is 1.68. The van der Waals surface area contributed by atoms with Crippen LogP contribution in [0.5, 0.6) is 0 Å². The fourth-order valence-electron chi connectivity index (χ4n) is 1.68. The van der Waals surface area contributed by atoms with Crippen LogP contribution >= 0.6 is 0 Å². The van der Waals surface area contributed by atoms with E-state index in [1.807, 2.05) is 7.05 Å². The van der Waals surface area contributed by atoms with Gasteiger partial charge in [-0.3, -0.25) is 4.90 Å². The summed E-state index contributed by atoms with van der Waals surface area (Å²) >= 11 is 0. The monoisotopic (exact) mass is 171 g/mol. The first-order valence-electron chi connectivity index (χ1n) is 4.77. The van der Waals surface area contributed by atoms with Gasteiger partial charge in [-0.25, -0.2) is 0 Å². The van der Waals surface area contributed by atoms with Gasteiger partial charge in [-0.15, -0.1) is 0 Å². The molecule has 0 amide bonds. The SMILES string of the molecule is CNCCN1CCNCC1(C)C. The summed E-state index contributed by atoms with van der Waals surface area (Å²) in [5.74, 6) is 0. The normalized spacial score (nSPS) is 24.2. The number of hydrogen-bond donors (Lipinski definition) is 2. The zero-order valence-electron chi connectivity index (χ0n) is 8.48. The summed E-state index contributed by atoms with van der Waals surface area (Å²) < 4.78 is 0. The Morgan fingerprint density at radius 3 is 2.83 bits per heavy atom. The summed E-state index contributed by atoms with van der Waals surface area (Å²) in [6, 6.07) is 0. The fraction of sp³-hybridized carbons (Fsp3) is 1.00. The van der Waals surface area contributed by atoms with Crippen LogP contribution in [-0.2, 0) is 0 Å². The maximum Gasteiger partial charge on any atom is 0.0278 e. The first-order valence-corrected chi connectivity index (χ1v) is 4.77. The Hall–Kier alpha value is -0.120. The molecule has 1 aliphatic rings. The topological polar surface area (TPSA) is 27.3 Å². The third-order valence-corrected chi connectivity index (χ3v) is 2.60. The molecule has 1 heterocycles. The molecule has 0 unspecified atom stereocenters. The summed E-state index contributed by atoms with van der Waals surface area (Å²) in [6.45, 7) is 10.3. The molecule has 0 bridgehead atoms. The molecular formula is C9H21N3. The predicted octanol–water partition coefficient (Wildman–Crippen LogP) is -0.110. The van der Waals surface area contributed by atoms with Crippen molar-refractivity contribution in [1.29, 1.82) is 0 Å². The molecule has 2 N–H and O–H groups in total. The van der Waals surface area contributed by atoms with Gasteiger partial charge in [0, 0.05) is 38.3 Å². The summed E-state index contributed by atoms with van der Waals surface area (Å²) in [5, 5.41) is 6.61. The number of nitrogens with zero attached hydrogens (tertiary/aromatic N) is 1. The first kappa shape index (κ1) is 9.96. The summed E-state index contributed by atoms with van der Waals surface area (Å²) in [6.07, 6.45) is 0. The van der Waals surface area contributed by atoms with Gasteiger partial charge >= 0.3 is 0 Å². The van der Waals surface area contributed by atoms with Gasteiger partial charge in [0.1, 0.15) is 0 Å². The van der Waals surface area contributed by atoms with Gasteiger partial charge in [0.15, 0.2) is 0 Å². The van der Waals surface area contributed by atoms with Crippen LogP contribution < -0.4 is 10.6 Å². The van der Waals surface area contributed by atoms with Crippen molar-refractivity contribution >= 4 is 0 Å². The minimum atomic E-state index is 0.328. The molecular weight excluding hydrogens is 150 g/mol. The molecule has 3 heteroatoms. The molecule has 12 heavy (non-hydrogen) atoms. The van der Waals surface area contributed by atoms with E-state index in [-0.39, 0.29) is 0 Å². The van der Waals surface area contributed by atoms with Gasteiger partial charge in [-0.05, 0) is 20.9 Å². The third kappa shape index (κ3) is 2.44. The highest BCUT2D eigenvalue weighted by molar-refractivity contribution is 4.88. The minimum absolute atomic E-state index is 0.328. The van der Waals surface area contributed by atoms with E-state index in [9.17, 15) is 0 Å². The number of piperazine rings is 1. The zero-order chi connectivity index (χ0) is 9.03. The second-order valence-corrected chi connectivity index (χ2v) is 4.08. The van der Waals surface area contributed by atoms with Crippen LogP contribution in [0.15, 0.2) is 0 Å². The van der Waals surface area contributed by atoms with E-state index in [1.165, 1.54) is 6.54 Å². The lowest BCUT2D eigenvalue weighted by molar-refractivity contribution is 0.0924. The highest BCUT2D eigenvalue weighted by atomic mass is 15.3. The van der Waals surface area contributed by atoms with Crippen LogP contribution in [0.2, 0.25) is 0 Å². The Morgan fingerprint density at radius 2 is 2.25 bits per heavy atom. The number of likely N-dealkylation sites (N-methyl/N-ethyl adjacent to an activating group) is 1. The largest absolute Gasteiger partial charge is 0.318 e. The van der Waals surface area contributed by atoms with Crippen molar-refractivity contribution in [2.24, 2.45) is 0 Å². The average molecular weight is 171 g/mol. The molecule has 0 atom stereocenters. The van der Waals surface area contributed by atoms with E-state index in [0.717, 1.165) is 26.2 Å². The lowest BCUT2D eigenvalue weighted by atomic mass is 10.0. The van der Waals surface area contributed by atoms with Crippen molar-refractivity contribution in [2.45, 2.75) is 19.4 Å². The van der Waals surface area contributed by atoms with Crippen molar-refractivity contribution in [3.63, 3.8) is 0 Å². The molecule has 0 radical (unpaired) electrons. The molecule has 1 fully saturated rings. The number of hydrogen-bond acceptors (Lipinski definition) is 3. The Bertz CT molecular complexity index is 134. The summed E-state index contributed by atoms with van der Waals surface area (Å²) in [5.41, 5.74) is 0.328. The second-order valence-electron chi connectivity index (χ2n) is 4.08. The molecule has 0 spiro atoms. The molecule has 3 nitrogen and oxygen atoms in total. The minimum Gasteiger partial charge on any atom is -0.318 e. The van der Waals surface area contributed by atoms with Gasteiger partial charge in [-0.2, -0.15) is 0 Å². The Morgan fingerprint density at radius 1 is 1.50 bits per heavy atom. The molecule has 0 aromatic heterocycles. The van der Waals surface area contributed by atoms with E-state index in [2.05, 4.69) is 29.4 Å². The number of rotatable bonds is 3. The van der Waals surface area contributed by atoms with Crippen molar-refractivity contribution in [2.75, 3.05) is 39.8 Å². The Labute approximate surface area is 75.5 Å². The number of nitrogens with one attached hydrogen (secondary N) is 2. The van der Waals surface area contributed by atoms with Crippen LogP contribution in [-0.4, -0.2) is 50.2 Å². The standard InChI is InChI=1S/C9H21N3/c1-9(2)8-11-5-7-12(9)6-4-10-3/h10-11H,4-8H2,1-3H3. The molecule has 0 saturated carbocycles.